The predicted octanol–water partition coefficient (Wildman–Crippen LogP) is 3.14. The van der Waals surface area contributed by atoms with Gasteiger partial charge in [-0.05, 0) is 18.2 Å². The summed E-state index contributed by atoms with van der Waals surface area (Å²) >= 11 is 0. The van der Waals surface area contributed by atoms with Crippen molar-refractivity contribution in [2.45, 2.75) is 13.5 Å². The average molecular weight is 378 g/mol. The molecule has 0 aliphatic heterocycles. The second-order valence-electron chi connectivity index (χ2n) is 6.00. The van der Waals surface area contributed by atoms with Crippen LogP contribution in [0.3, 0.4) is 0 Å². The first-order chi connectivity index (χ1) is 13.6. The zero-order valence-corrected chi connectivity index (χ0v) is 14.8. The van der Waals surface area contributed by atoms with Crippen molar-refractivity contribution < 1.29 is 13.7 Å². The van der Waals surface area contributed by atoms with E-state index in [1.54, 1.807) is 41.1 Å². The zero-order valence-electron chi connectivity index (χ0n) is 14.8. The number of aromatic nitrogens is 5. The van der Waals surface area contributed by atoms with Crippen LogP contribution >= 0.6 is 0 Å². The van der Waals surface area contributed by atoms with E-state index in [1.807, 2.05) is 0 Å². The molecule has 0 saturated heterocycles. The van der Waals surface area contributed by atoms with E-state index >= 15 is 0 Å². The summed E-state index contributed by atoms with van der Waals surface area (Å²) in [5.74, 6) is 0.125. The first-order valence-corrected chi connectivity index (χ1v) is 8.43. The minimum absolute atomic E-state index is 0.195. The van der Waals surface area contributed by atoms with Crippen molar-refractivity contribution in [2.24, 2.45) is 0 Å². The molecule has 1 aromatic carbocycles. The third-order valence-corrected chi connectivity index (χ3v) is 3.95. The highest BCUT2D eigenvalue weighted by Crippen LogP contribution is 2.25. The van der Waals surface area contributed by atoms with E-state index in [0.717, 1.165) is 0 Å². The molecule has 0 spiro atoms. The van der Waals surface area contributed by atoms with E-state index in [-0.39, 0.29) is 18.3 Å². The molecule has 4 rings (SSSR count). The summed E-state index contributed by atoms with van der Waals surface area (Å²) < 4.78 is 20.7. The van der Waals surface area contributed by atoms with E-state index in [0.29, 0.717) is 34.3 Å². The van der Waals surface area contributed by atoms with Crippen LogP contribution < -0.4 is 5.32 Å². The van der Waals surface area contributed by atoms with Crippen LogP contribution in [0.25, 0.3) is 22.9 Å². The number of rotatable bonds is 5. The van der Waals surface area contributed by atoms with Gasteiger partial charge in [-0.3, -0.25) is 9.48 Å². The molecule has 0 aliphatic carbocycles. The number of benzene rings is 1. The molecule has 0 radical (unpaired) electrons. The van der Waals surface area contributed by atoms with Gasteiger partial charge in [0.2, 0.25) is 5.91 Å². The maximum Gasteiger partial charge on any atom is 0.222 e. The molecule has 0 atom stereocenters. The van der Waals surface area contributed by atoms with Crippen LogP contribution in [0, 0.1) is 5.82 Å². The minimum atomic E-state index is -0.324. The molecule has 9 heteroatoms. The molecule has 1 amide bonds. The van der Waals surface area contributed by atoms with Crippen molar-refractivity contribution in [3.8, 4) is 22.9 Å². The number of nitrogens with zero attached hydrogens (tertiary/aromatic N) is 5. The van der Waals surface area contributed by atoms with E-state index in [1.165, 1.54) is 25.5 Å². The quantitative estimate of drug-likeness (QED) is 0.573. The van der Waals surface area contributed by atoms with Gasteiger partial charge >= 0.3 is 0 Å². The Morgan fingerprint density at radius 1 is 1.21 bits per heavy atom. The van der Waals surface area contributed by atoms with Gasteiger partial charge in [0, 0.05) is 24.8 Å². The van der Waals surface area contributed by atoms with Crippen molar-refractivity contribution >= 4 is 11.7 Å². The van der Waals surface area contributed by atoms with Gasteiger partial charge in [-0.2, -0.15) is 5.10 Å². The molecular formula is C19H15FN6O2. The number of hydrogen-bond acceptors (Lipinski definition) is 6. The molecule has 0 aliphatic rings. The smallest absolute Gasteiger partial charge is 0.222 e. The van der Waals surface area contributed by atoms with Crippen LogP contribution in [0.2, 0.25) is 0 Å². The minimum Gasteiger partial charge on any atom is -0.364 e. The summed E-state index contributed by atoms with van der Waals surface area (Å²) in [6.07, 6.45) is 2.97. The summed E-state index contributed by atoms with van der Waals surface area (Å²) in [7, 11) is 0. The molecule has 28 heavy (non-hydrogen) atoms. The van der Waals surface area contributed by atoms with Gasteiger partial charge in [-0.15, -0.1) is 0 Å². The lowest BCUT2D eigenvalue weighted by molar-refractivity contribution is -0.114. The molecule has 140 valence electrons. The molecule has 0 unspecified atom stereocenters. The van der Waals surface area contributed by atoms with E-state index in [9.17, 15) is 9.18 Å². The zero-order chi connectivity index (χ0) is 19.5. The SMILES string of the molecule is CC(=O)Nc1ccnc(-c2cc(-c3ccon3)n(Cc3ccccc3F)n2)n1. The van der Waals surface area contributed by atoms with Crippen LogP contribution in [0.4, 0.5) is 10.2 Å². The lowest BCUT2D eigenvalue weighted by Gasteiger charge is -2.06. The van der Waals surface area contributed by atoms with Gasteiger partial charge in [0.25, 0.3) is 0 Å². The number of hydrogen-bond donors (Lipinski definition) is 1. The number of amides is 1. The molecule has 3 heterocycles. The van der Waals surface area contributed by atoms with Gasteiger partial charge in [0.05, 0.1) is 12.2 Å². The molecule has 8 nitrogen and oxygen atoms in total. The van der Waals surface area contributed by atoms with Crippen molar-refractivity contribution in [1.29, 1.82) is 0 Å². The van der Waals surface area contributed by atoms with Crippen LogP contribution in [-0.4, -0.2) is 30.8 Å². The third kappa shape index (κ3) is 3.63. The average Bonchev–Trinajstić information content (AvgIpc) is 3.33. The number of halogens is 1. The largest absolute Gasteiger partial charge is 0.364 e. The third-order valence-electron chi connectivity index (χ3n) is 3.95. The summed E-state index contributed by atoms with van der Waals surface area (Å²) in [6, 6.07) is 11.5. The lowest BCUT2D eigenvalue weighted by Crippen LogP contribution is -2.08. The van der Waals surface area contributed by atoms with Crippen LogP contribution in [0.1, 0.15) is 12.5 Å². The highest BCUT2D eigenvalue weighted by Gasteiger charge is 2.17. The molecule has 0 bridgehead atoms. The fourth-order valence-corrected chi connectivity index (χ4v) is 2.72. The number of anilines is 1. The van der Waals surface area contributed by atoms with E-state index < -0.39 is 0 Å². The Morgan fingerprint density at radius 3 is 2.82 bits per heavy atom. The van der Waals surface area contributed by atoms with Crippen molar-refractivity contribution in [3.05, 3.63) is 66.3 Å². The summed E-state index contributed by atoms with van der Waals surface area (Å²) in [4.78, 5) is 19.8. The summed E-state index contributed by atoms with van der Waals surface area (Å²) in [5, 5.41) is 11.1. The summed E-state index contributed by atoms with van der Waals surface area (Å²) in [6.45, 7) is 1.59. The molecule has 0 saturated carbocycles. The number of carbonyl (C=O) groups is 1. The normalized spacial score (nSPS) is 10.8. The first-order valence-electron chi connectivity index (χ1n) is 8.43. The van der Waals surface area contributed by atoms with Crippen LogP contribution in [0.5, 0.6) is 0 Å². The molecular weight excluding hydrogens is 363 g/mol. The molecule has 4 aromatic rings. The van der Waals surface area contributed by atoms with Crippen molar-refractivity contribution in [1.82, 2.24) is 24.9 Å². The Labute approximate surface area is 159 Å². The van der Waals surface area contributed by atoms with E-state index in [4.69, 9.17) is 4.52 Å². The number of nitrogens with one attached hydrogen (secondary N) is 1. The summed E-state index contributed by atoms with van der Waals surface area (Å²) in [5.41, 5.74) is 2.12. The Morgan fingerprint density at radius 2 is 2.07 bits per heavy atom. The van der Waals surface area contributed by atoms with Gasteiger partial charge in [-0.1, -0.05) is 23.4 Å². The molecule has 3 aromatic heterocycles. The predicted molar refractivity (Wildman–Crippen MR) is 98.6 cm³/mol. The first kappa shape index (κ1) is 17.5. The second kappa shape index (κ2) is 7.39. The number of carbonyl (C=O) groups excluding carboxylic acids is 1. The Balaban J connectivity index is 1.76. The van der Waals surface area contributed by atoms with Crippen molar-refractivity contribution in [3.63, 3.8) is 0 Å². The van der Waals surface area contributed by atoms with Gasteiger partial charge in [0.1, 0.15) is 29.3 Å². The lowest BCUT2D eigenvalue weighted by atomic mass is 10.2. The van der Waals surface area contributed by atoms with Gasteiger partial charge in [0.15, 0.2) is 5.82 Å². The fourth-order valence-electron chi connectivity index (χ4n) is 2.72. The topological polar surface area (TPSA) is 98.7 Å². The fraction of sp³-hybridized carbons (Fsp3) is 0.105. The highest BCUT2D eigenvalue weighted by molar-refractivity contribution is 5.87. The van der Waals surface area contributed by atoms with Crippen molar-refractivity contribution in [2.75, 3.05) is 5.32 Å². The molecule has 0 fully saturated rings. The van der Waals surface area contributed by atoms with E-state index in [2.05, 4.69) is 25.5 Å². The maximum atomic E-state index is 14.1. The monoisotopic (exact) mass is 378 g/mol. The van der Waals surface area contributed by atoms with Crippen LogP contribution in [-0.2, 0) is 11.3 Å². The van der Waals surface area contributed by atoms with Crippen LogP contribution in [0.15, 0.2) is 59.4 Å². The van der Waals surface area contributed by atoms with Gasteiger partial charge in [-0.25, -0.2) is 14.4 Å². The maximum absolute atomic E-state index is 14.1. The Bertz CT molecular complexity index is 1120. The standard InChI is InChI=1S/C19H15FN6O2/c1-12(27)22-18-6-8-21-19(23-18)16-10-17(15-7-9-28-25-15)26(24-16)11-13-4-2-3-5-14(13)20/h2-10H,11H2,1H3,(H,21,22,23,27). The Kier molecular flexibility index (Phi) is 4.63. The molecule has 1 N–H and O–H groups in total. The van der Waals surface area contributed by atoms with Gasteiger partial charge < -0.3 is 9.84 Å². The second-order valence-corrected chi connectivity index (χ2v) is 6.00. The Hall–Kier alpha value is -3.88. The highest BCUT2D eigenvalue weighted by atomic mass is 19.1.